The molecule has 0 aliphatic heterocycles. The number of nitrogens with two attached hydrogens (primary N) is 1. The smallest absolute Gasteiger partial charge is 0.186 e. The van der Waals surface area contributed by atoms with Gasteiger partial charge in [-0.25, -0.2) is 8.42 Å². The van der Waals surface area contributed by atoms with Gasteiger partial charge in [0.15, 0.2) is 9.84 Å². The van der Waals surface area contributed by atoms with E-state index in [-0.39, 0.29) is 10.6 Å². The average molecular weight is 307 g/mol. The number of benzene rings is 1. The van der Waals surface area contributed by atoms with E-state index in [4.69, 9.17) is 5.73 Å². The molecule has 1 aromatic heterocycles. The lowest BCUT2D eigenvalue weighted by molar-refractivity contribution is 0.585. The van der Waals surface area contributed by atoms with E-state index in [0.717, 1.165) is 17.7 Å². The van der Waals surface area contributed by atoms with Crippen LogP contribution < -0.4 is 5.73 Å². The molecule has 0 saturated heterocycles. The maximum atomic E-state index is 12.6. The molecule has 0 bridgehead atoms. The fourth-order valence-corrected chi connectivity index (χ4v) is 3.83. The number of rotatable bonds is 5. The maximum Gasteiger partial charge on any atom is 0.186 e. The molecule has 114 valence electrons. The molecule has 0 radical (unpaired) electrons. The number of aryl methyl sites for hydroxylation is 3. The fraction of sp³-hybridized carbons (Fsp3) is 0.400. The first-order chi connectivity index (χ1) is 9.87. The monoisotopic (exact) mass is 307 g/mol. The molecule has 0 saturated carbocycles. The number of aromatic nitrogens is 2. The SMILES string of the molecule is CCc1cc(CS(=O)(=O)c2cc(C)ccc2N)n(CC)n1. The summed E-state index contributed by atoms with van der Waals surface area (Å²) in [6.07, 6.45) is 0.784. The highest BCUT2D eigenvalue weighted by Crippen LogP contribution is 2.24. The van der Waals surface area contributed by atoms with E-state index in [1.165, 1.54) is 0 Å². The predicted molar refractivity (Wildman–Crippen MR) is 83.8 cm³/mol. The van der Waals surface area contributed by atoms with Crippen LogP contribution in [0.5, 0.6) is 0 Å². The van der Waals surface area contributed by atoms with Gasteiger partial charge in [0, 0.05) is 6.54 Å². The Morgan fingerprint density at radius 1 is 1.24 bits per heavy atom. The van der Waals surface area contributed by atoms with Crippen LogP contribution >= 0.6 is 0 Å². The summed E-state index contributed by atoms with van der Waals surface area (Å²) in [5.74, 6) is -0.0819. The van der Waals surface area contributed by atoms with E-state index < -0.39 is 9.84 Å². The summed E-state index contributed by atoms with van der Waals surface area (Å²) >= 11 is 0. The van der Waals surface area contributed by atoms with Gasteiger partial charge in [0.2, 0.25) is 0 Å². The first-order valence-electron chi connectivity index (χ1n) is 7.01. The second kappa shape index (κ2) is 5.89. The van der Waals surface area contributed by atoms with Crippen molar-refractivity contribution in [2.75, 3.05) is 5.73 Å². The van der Waals surface area contributed by atoms with Crippen molar-refractivity contribution < 1.29 is 8.42 Å². The summed E-state index contributed by atoms with van der Waals surface area (Å²) in [6, 6.07) is 6.92. The molecular formula is C15H21N3O2S. The zero-order chi connectivity index (χ0) is 15.6. The molecule has 2 aromatic rings. The van der Waals surface area contributed by atoms with Crippen LogP contribution in [0, 0.1) is 6.92 Å². The Morgan fingerprint density at radius 3 is 2.57 bits per heavy atom. The average Bonchev–Trinajstić information content (AvgIpc) is 2.82. The molecule has 0 aliphatic rings. The lowest BCUT2D eigenvalue weighted by Gasteiger charge is -2.09. The molecule has 2 rings (SSSR count). The van der Waals surface area contributed by atoms with Gasteiger partial charge < -0.3 is 5.73 Å². The summed E-state index contributed by atoms with van der Waals surface area (Å²) in [6.45, 7) is 6.45. The minimum atomic E-state index is -3.48. The minimum absolute atomic E-state index is 0.0819. The summed E-state index contributed by atoms with van der Waals surface area (Å²) in [5, 5.41) is 4.39. The summed E-state index contributed by atoms with van der Waals surface area (Å²) in [4.78, 5) is 0.199. The summed E-state index contributed by atoms with van der Waals surface area (Å²) < 4.78 is 27.0. The Bertz CT molecular complexity index is 748. The molecule has 2 N–H and O–H groups in total. The van der Waals surface area contributed by atoms with Crippen molar-refractivity contribution in [2.45, 2.75) is 44.4 Å². The number of sulfone groups is 1. The molecule has 0 unspecified atom stereocenters. The summed E-state index contributed by atoms with van der Waals surface area (Å²) in [7, 11) is -3.48. The van der Waals surface area contributed by atoms with E-state index in [9.17, 15) is 8.42 Å². The zero-order valence-corrected chi connectivity index (χ0v) is 13.4. The van der Waals surface area contributed by atoms with Crippen LogP contribution in [0.15, 0.2) is 29.2 Å². The van der Waals surface area contributed by atoms with Crippen LogP contribution in [0.2, 0.25) is 0 Å². The molecule has 0 spiro atoms. The molecule has 0 fully saturated rings. The first kappa shape index (κ1) is 15.6. The molecular weight excluding hydrogens is 286 g/mol. The first-order valence-corrected chi connectivity index (χ1v) is 8.67. The molecule has 1 heterocycles. The maximum absolute atomic E-state index is 12.6. The van der Waals surface area contributed by atoms with Gasteiger partial charge in [-0.2, -0.15) is 5.10 Å². The lowest BCUT2D eigenvalue weighted by atomic mass is 10.2. The number of nitrogens with zero attached hydrogens (tertiary/aromatic N) is 2. The molecule has 1 aromatic carbocycles. The largest absolute Gasteiger partial charge is 0.398 e. The van der Waals surface area contributed by atoms with Gasteiger partial charge in [-0.15, -0.1) is 0 Å². The number of hydrogen-bond donors (Lipinski definition) is 1. The van der Waals surface area contributed by atoms with Gasteiger partial charge in [0.1, 0.15) is 0 Å². The molecule has 0 aliphatic carbocycles. The van der Waals surface area contributed by atoms with Crippen LogP contribution in [0.4, 0.5) is 5.69 Å². The molecule has 0 amide bonds. The van der Waals surface area contributed by atoms with Crippen molar-refractivity contribution >= 4 is 15.5 Å². The van der Waals surface area contributed by atoms with Crippen molar-refractivity contribution in [2.24, 2.45) is 0 Å². The van der Waals surface area contributed by atoms with E-state index >= 15 is 0 Å². The number of nitrogen functional groups attached to an aromatic ring is 1. The Morgan fingerprint density at radius 2 is 1.95 bits per heavy atom. The van der Waals surface area contributed by atoms with Crippen molar-refractivity contribution in [3.8, 4) is 0 Å². The third-order valence-electron chi connectivity index (χ3n) is 3.42. The molecule has 6 heteroatoms. The van der Waals surface area contributed by atoms with Crippen LogP contribution in [0.1, 0.15) is 30.8 Å². The highest BCUT2D eigenvalue weighted by molar-refractivity contribution is 7.90. The zero-order valence-electron chi connectivity index (χ0n) is 12.6. The van der Waals surface area contributed by atoms with Gasteiger partial charge in [0.25, 0.3) is 0 Å². The minimum Gasteiger partial charge on any atom is -0.398 e. The quantitative estimate of drug-likeness (QED) is 0.860. The Kier molecular flexibility index (Phi) is 4.37. The standard InChI is InChI=1S/C15H21N3O2S/c1-4-12-9-13(18(5-2)17-12)10-21(19,20)15-8-11(3)6-7-14(15)16/h6-9H,4-5,10,16H2,1-3H3. The predicted octanol–water partition coefficient (Wildman–Crippen LogP) is 2.33. The normalized spacial score (nSPS) is 11.8. The molecule has 21 heavy (non-hydrogen) atoms. The third kappa shape index (κ3) is 3.26. The van der Waals surface area contributed by atoms with Gasteiger partial charge in [-0.1, -0.05) is 13.0 Å². The highest BCUT2D eigenvalue weighted by Gasteiger charge is 2.21. The summed E-state index contributed by atoms with van der Waals surface area (Å²) in [5.41, 5.74) is 8.60. The number of anilines is 1. The second-order valence-corrected chi connectivity index (χ2v) is 7.05. The van der Waals surface area contributed by atoms with Gasteiger partial charge in [-0.05, 0) is 44.0 Å². The fourth-order valence-electron chi connectivity index (χ4n) is 2.26. The van der Waals surface area contributed by atoms with Gasteiger partial charge in [0.05, 0.1) is 27.7 Å². The topological polar surface area (TPSA) is 78.0 Å². The second-order valence-electron chi connectivity index (χ2n) is 5.10. The lowest BCUT2D eigenvalue weighted by Crippen LogP contribution is -2.12. The van der Waals surface area contributed by atoms with Crippen LogP contribution in [-0.4, -0.2) is 18.2 Å². The van der Waals surface area contributed by atoms with Crippen molar-refractivity contribution in [1.29, 1.82) is 0 Å². The van der Waals surface area contributed by atoms with Crippen molar-refractivity contribution in [1.82, 2.24) is 9.78 Å². The van der Waals surface area contributed by atoms with Gasteiger partial charge >= 0.3 is 0 Å². The highest BCUT2D eigenvalue weighted by atomic mass is 32.2. The van der Waals surface area contributed by atoms with E-state index in [0.29, 0.717) is 17.9 Å². The van der Waals surface area contributed by atoms with Crippen molar-refractivity contribution in [3.63, 3.8) is 0 Å². The third-order valence-corrected chi connectivity index (χ3v) is 5.12. The van der Waals surface area contributed by atoms with E-state index in [2.05, 4.69) is 5.10 Å². The Balaban J connectivity index is 2.42. The van der Waals surface area contributed by atoms with E-state index in [1.54, 1.807) is 22.9 Å². The Hall–Kier alpha value is -1.82. The Labute approximate surface area is 125 Å². The molecule has 5 nitrogen and oxygen atoms in total. The van der Waals surface area contributed by atoms with E-state index in [1.807, 2.05) is 26.8 Å². The van der Waals surface area contributed by atoms with Crippen LogP contribution in [-0.2, 0) is 28.6 Å². The van der Waals surface area contributed by atoms with Crippen LogP contribution in [0.3, 0.4) is 0 Å². The molecule has 0 atom stereocenters. The number of hydrogen-bond acceptors (Lipinski definition) is 4. The van der Waals surface area contributed by atoms with Gasteiger partial charge in [-0.3, -0.25) is 4.68 Å². The van der Waals surface area contributed by atoms with Crippen LogP contribution in [0.25, 0.3) is 0 Å². The van der Waals surface area contributed by atoms with Crippen molar-refractivity contribution in [3.05, 3.63) is 41.2 Å².